The summed E-state index contributed by atoms with van der Waals surface area (Å²) in [5, 5.41) is 12.7. The van der Waals surface area contributed by atoms with Crippen LogP contribution in [0.2, 0.25) is 0 Å². The molecule has 0 bridgehead atoms. The van der Waals surface area contributed by atoms with E-state index in [4.69, 9.17) is 4.74 Å². The zero-order valence-electron chi connectivity index (χ0n) is 8.29. The largest absolute Gasteiger partial charge is 0.493 e. The second-order valence-corrected chi connectivity index (χ2v) is 3.54. The fourth-order valence-electron chi connectivity index (χ4n) is 1.70. The molecule has 0 saturated carbocycles. The Morgan fingerprint density at radius 3 is 3.21 bits per heavy atom. The lowest BCUT2D eigenvalue weighted by molar-refractivity contribution is 0.177. The quantitative estimate of drug-likeness (QED) is 0.748. The van der Waals surface area contributed by atoms with E-state index in [1.54, 1.807) is 0 Å². The van der Waals surface area contributed by atoms with Gasteiger partial charge in [-0.3, -0.25) is 0 Å². The van der Waals surface area contributed by atoms with Crippen LogP contribution in [0, 0.1) is 0 Å². The molecule has 2 N–H and O–H groups in total. The van der Waals surface area contributed by atoms with Crippen molar-refractivity contribution >= 4 is 0 Å². The van der Waals surface area contributed by atoms with Crippen LogP contribution in [0.4, 0.5) is 0 Å². The van der Waals surface area contributed by atoms with Crippen LogP contribution in [0.3, 0.4) is 0 Å². The molecule has 0 spiro atoms. The van der Waals surface area contributed by atoms with Gasteiger partial charge in [-0.1, -0.05) is 12.1 Å². The number of rotatable bonds is 3. The Balaban J connectivity index is 2.19. The van der Waals surface area contributed by atoms with Crippen molar-refractivity contribution in [3.63, 3.8) is 0 Å². The van der Waals surface area contributed by atoms with Crippen LogP contribution in [0.5, 0.6) is 5.75 Å². The minimum absolute atomic E-state index is 0.450. The lowest BCUT2D eigenvalue weighted by atomic mass is 10.1. The smallest absolute Gasteiger partial charge is 0.122 e. The highest BCUT2D eigenvalue weighted by molar-refractivity contribution is 5.40. The maximum atomic E-state index is 9.73. The summed E-state index contributed by atoms with van der Waals surface area (Å²) in [6.45, 7) is 1.33. The van der Waals surface area contributed by atoms with Gasteiger partial charge in [-0.25, -0.2) is 0 Å². The van der Waals surface area contributed by atoms with Crippen molar-refractivity contribution in [3.8, 4) is 5.75 Å². The molecular formula is C11H15NO2. The second kappa shape index (κ2) is 3.98. The number of nitrogens with one attached hydrogen (secondary N) is 1. The molecule has 1 aromatic rings. The van der Waals surface area contributed by atoms with Gasteiger partial charge in [0.15, 0.2) is 0 Å². The number of aliphatic hydroxyl groups excluding tert-OH is 1. The first-order chi connectivity index (χ1) is 6.81. The average Bonchev–Trinajstić information content (AvgIpc) is 2.64. The summed E-state index contributed by atoms with van der Waals surface area (Å²) in [5.74, 6) is 0.928. The Hall–Kier alpha value is -1.06. The number of aliphatic hydroxyl groups is 1. The number of benzene rings is 1. The van der Waals surface area contributed by atoms with Crippen LogP contribution in [0.1, 0.15) is 17.2 Å². The Morgan fingerprint density at radius 2 is 2.43 bits per heavy atom. The molecule has 0 radical (unpaired) electrons. The van der Waals surface area contributed by atoms with Crippen molar-refractivity contribution in [1.82, 2.24) is 5.32 Å². The van der Waals surface area contributed by atoms with Gasteiger partial charge in [0.2, 0.25) is 0 Å². The summed E-state index contributed by atoms with van der Waals surface area (Å²) in [5.41, 5.74) is 2.16. The molecule has 1 aliphatic heterocycles. The van der Waals surface area contributed by atoms with E-state index in [0.29, 0.717) is 6.54 Å². The summed E-state index contributed by atoms with van der Waals surface area (Å²) in [7, 11) is 1.83. The van der Waals surface area contributed by atoms with Crippen molar-refractivity contribution in [2.45, 2.75) is 12.5 Å². The van der Waals surface area contributed by atoms with Crippen molar-refractivity contribution < 1.29 is 9.84 Å². The predicted molar refractivity (Wildman–Crippen MR) is 54.5 cm³/mol. The summed E-state index contributed by atoms with van der Waals surface area (Å²) in [4.78, 5) is 0. The maximum absolute atomic E-state index is 9.73. The molecule has 3 nitrogen and oxygen atoms in total. The second-order valence-electron chi connectivity index (χ2n) is 3.54. The number of ether oxygens (including phenoxy) is 1. The van der Waals surface area contributed by atoms with E-state index in [1.165, 1.54) is 5.56 Å². The first-order valence-electron chi connectivity index (χ1n) is 4.89. The van der Waals surface area contributed by atoms with Crippen LogP contribution in [0.15, 0.2) is 18.2 Å². The standard InChI is InChI=1S/C11H15NO2/c1-12-7-10(13)9-3-2-8-4-5-14-11(8)6-9/h2-3,6,10,12-13H,4-5,7H2,1H3. The fraction of sp³-hybridized carbons (Fsp3) is 0.455. The topological polar surface area (TPSA) is 41.5 Å². The van der Waals surface area contributed by atoms with E-state index in [2.05, 4.69) is 5.32 Å². The van der Waals surface area contributed by atoms with E-state index in [0.717, 1.165) is 24.3 Å². The number of fused-ring (bicyclic) bond motifs is 1. The molecule has 14 heavy (non-hydrogen) atoms. The van der Waals surface area contributed by atoms with Crippen molar-refractivity contribution in [2.75, 3.05) is 20.2 Å². The zero-order valence-corrected chi connectivity index (χ0v) is 8.29. The molecule has 76 valence electrons. The first kappa shape index (κ1) is 9.49. The summed E-state index contributed by atoms with van der Waals surface area (Å²) >= 11 is 0. The van der Waals surface area contributed by atoms with E-state index in [-0.39, 0.29) is 0 Å². The van der Waals surface area contributed by atoms with Crippen molar-refractivity contribution in [1.29, 1.82) is 0 Å². The van der Waals surface area contributed by atoms with Crippen molar-refractivity contribution in [2.24, 2.45) is 0 Å². The molecule has 1 atom stereocenters. The normalized spacial score (nSPS) is 16.1. The molecule has 2 rings (SSSR count). The van der Waals surface area contributed by atoms with Gasteiger partial charge in [0.25, 0.3) is 0 Å². The Kier molecular flexibility index (Phi) is 2.70. The lowest BCUT2D eigenvalue weighted by Crippen LogP contribution is -2.16. The van der Waals surface area contributed by atoms with E-state index < -0.39 is 6.10 Å². The molecule has 1 heterocycles. The van der Waals surface area contributed by atoms with Gasteiger partial charge in [-0.05, 0) is 24.2 Å². The van der Waals surface area contributed by atoms with E-state index in [1.807, 2.05) is 25.2 Å². The van der Waals surface area contributed by atoms with E-state index in [9.17, 15) is 5.11 Å². The van der Waals surface area contributed by atoms with Gasteiger partial charge >= 0.3 is 0 Å². The molecule has 0 fully saturated rings. The molecule has 1 aromatic carbocycles. The minimum Gasteiger partial charge on any atom is -0.493 e. The lowest BCUT2D eigenvalue weighted by Gasteiger charge is -2.11. The minimum atomic E-state index is -0.450. The Labute approximate surface area is 83.7 Å². The third-order valence-corrected chi connectivity index (χ3v) is 2.50. The molecule has 3 heteroatoms. The summed E-state index contributed by atoms with van der Waals surface area (Å²) in [6.07, 6.45) is 0.534. The van der Waals surface area contributed by atoms with Crippen LogP contribution >= 0.6 is 0 Å². The monoisotopic (exact) mass is 193 g/mol. The van der Waals surface area contributed by atoms with Crippen LogP contribution in [0.25, 0.3) is 0 Å². The fourth-order valence-corrected chi connectivity index (χ4v) is 1.70. The molecule has 1 aliphatic rings. The number of hydrogen-bond acceptors (Lipinski definition) is 3. The zero-order chi connectivity index (χ0) is 9.97. The average molecular weight is 193 g/mol. The van der Waals surface area contributed by atoms with Gasteiger partial charge in [0, 0.05) is 13.0 Å². The summed E-state index contributed by atoms with van der Waals surface area (Å²) < 4.78 is 5.44. The number of likely N-dealkylation sites (N-methyl/N-ethyl adjacent to an activating group) is 1. The van der Waals surface area contributed by atoms with Gasteiger partial charge in [0.05, 0.1) is 12.7 Å². The van der Waals surface area contributed by atoms with Crippen LogP contribution in [-0.2, 0) is 6.42 Å². The SMILES string of the molecule is CNCC(O)c1ccc2c(c1)OCC2. The van der Waals surface area contributed by atoms with Gasteiger partial charge in [-0.2, -0.15) is 0 Å². The molecule has 0 aromatic heterocycles. The van der Waals surface area contributed by atoms with Crippen molar-refractivity contribution in [3.05, 3.63) is 29.3 Å². The maximum Gasteiger partial charge on any atom is 0.122 e. The predicted octanol–water partition coefficient (Wildman–Crippen LogP) is 0.874. The van der Waals surface area contributed by atoms with E-state index >= 15 is 0 Å². The van der Waals surface area contributed by atoms with Gasteiger partial charge < -0.3 is 15.2 Å². The highest BCUT2D eigenvalue weighted by Crippen LogP contribution is 2.28. The van der Waals surface area contributed by atoms with Crippen LogP contribution < -0.4 is 10.1 Å². The van der Waals surface area contributed by atoms with Gasteiger partial charge in [0.1, 0.15) is 5.75 Å². The summed E-state index contributed by atoms with van der Waals surface area (Å²) in [6, 6.07) is 5.94. The molecular weight excluding hydrogens is 178 g/mol. The highest BCUT2D eigenvalue weighted by atomic mass is 16.5. The third-order valence-electron chi connectivity index (χ3n) is 2.50. The Bertz CT molecular complexity index is 325. The molecule has 0 amide bonds. The molecule has 0 aliphatic carbocycles. The van der Waals surface area contributed by atoms with Gasteiger partial charge in [-0.15, -0.1) is 0 Å². The number of hydrogen-bond donors (Lipinski definition) is 2. The van der Waals surface area contributed by atoms with Crippen LogP contribution in [-0.4, -0.2) is 25.3 Å². The first-order valence-corrected chi connectivity index (χ1v) is 4.89. The Morgan fingerprint density at radius 1 is 1.57 bits per heavy atom. The molecule has 0 saturated heterocycles. The highest BCUT2D eigenvalue weighted by Gasteiger charge is 2.14. The third kappa shape index (κ3) is 1.74. The molecule has 1 unspecified atom stereocenters.